The van der Waals surface area contributed by atoms with Gasteiger partial charge in [0, 0.05) is 30.5 Å². The molecule has 2 heterocycles. The van der Waals surface area contributed by atoms with Gasteiger partial charge in [0.25, 0.3) is 0 Å². The Hall–Kier alpha value is -3.45. The van der Waals surface area contributed by atoms with E-state index in [1.807, 2.05) is 12.1 Å². The molecule has 0 saturated carbocycles. The lowest BCUT2D eigenvalue weighted by molar-refractivity contribution is -0.109. The van der Waals surface area contributed by atoms with E-state index in [2.05, 4.69) is 39.6 Å². The molecule has 0 spiro atoms. The van der Waals surface area contributed by atoms with Crippen molar-refractivity contribution in [2.24, 2.45) is 0 Å². The minimum absolute atomic E-state index is 0.298. The quantitative estimate of drug-likeness (QED) is 0.257. The number of likely N-dealkylation sites (tertiary alicyclic amines) is 1. The zero-order valence-electron chi connectivity index (χ0n) is 19.7. The second-order valence-corrected chi connectivity index (χ2v) is 9.15. The van der Waals surface area contributed by atoms with Crippen molar-refractivity contribution in [2.45, 2.75) is 31.6 Å². The summed E-state index contributed by atoms with van der Waals surface area (Å²) in [5, 5.41) is 10.2. The molecule has 3 aromatic carbocycles. The van der Waals surface area contributed by atoms with Crippen LogP contribution in [0.2, 0.25) is 0 Å². The number of nitrogens with zero attached hydrogens (tertiary/aromatic N) is 2. The standard InChI is InChI=1S/C28H30FN3O3/c29-23-6-8-25-27(17-23)35-31-28(25)22-10-14-32(15-11-22)13-2-16-34-24-7-5-20-3-1-4-21(26(20)18-24)9-12-30-19-33/h1,3-8,17-19,22H,2,9-16H2,(H,30,33). The topological polar surface area (TPSA) is 67.6 Å². The second kappa shape index (κ2) is 10.9. The van der Waals surface area contributed by atoms with E-state index in [0.717, 1.165) is 68.6 Å². The molecule has 0 radical (unpaired) electrons. The van der Waals surface area contributed by atoms with Gasteiger partial charge in [-0.1, -0.05) is 29.4 Å². The number of ether oxygens (including phenoxy) is 1. The van der Waals surface area contributed by atoms with Crippen LogP contribution in [-0.4, -0.2) is 49.3 Å². The van der Waals surface area contributed by atoms with Gasteiger partial charge in [-0.05, 0) is 79.4 Å². The smallest absolute Gasteiger partial charge is 0.207 e. The molecule has 5 rings (SSSR count). The van der Waals surface area contributed by atoms with E-state index in [0.29, 0.717) is 24.7 Å². The molecule has 6 nitrogen and oxygen atoms in total. The Kier molecular flexibility index (Phi) is 7.23. The predicted octanol–water partition coefficient (Wildman–Crippen LogP) is 5.06. The summed E-state index contributed by atoms with van der Waals surface area (Å²) < 4.78 is 24.8. The van der Waals surface area contributed by atoms with Crippen molar-refractivity contribution in [1.82, 2.24) is 15.4 Å². The Morgan fingerprint density at radius 3 is 2.86 bits per heavy atom. The first-order valence-electron chi connectivity index (χ1n) is 12.3. The van der Waals surface area contributed by atoms with Gasteiger partial charge in [-0.15, -0.1) is 0 Å². The molecule has 1 saturated heterocycles. The summed E-state index contributed by atoms with van der Waals surface area (Å²) in [6.07, 6.45) is 4.52. The monoisotopic (exact) mass is 475 g/mol. The number of halogens is 1. The Bertz CT molecular complexity index is 1300. The summed E-state index contributed by atoms with van der Waals surface area (Å²) in [7, 11) is 0. The van der Waals surface area contributed by atoms with Crippen LogP contribution < -0.4 is 10.1 Å². The lowest BCUT2D eigenvalue weighted by atomic mass is 9.91. The Balaban J connectivity index is 1.10. The van der Waals surface area contributed by atoms with E-state index >= 15 is 0 Å². The number of nitrogens with one attached hydrogen (secondary N) is 1. The van der Waals surface area contributed by atoms with Crippen LogP contribution in [0.15, 0.2) is 59.1 Å². The van der Waals surface area contributed by atoms with Gasteiger partial charge < -0.3 is 19.5 Å². The van der Waals surface area contributed by atoms with Gasteiger partial charge in [-0.2, -0.15) is 0 Å². The maximum atomic E-state index is 13.4. The first-order valence-corrected chi connectivity index (χ1v) is 12.3. The third kappa shape index (κ3) is 5.46. The summed E-state index contributed by atoms with van der Waals surface area (Å²) in [6, 6.07) is 17.1. The molecule has 0 atom stereocenters. The highest BCUT2D eigenvalue weighted by Crippen LogP contribution is 2.33. The molecule has 7 heteroatoms. The minimum atomic E-state index is -0.298. The van der Waals surface area contributed by atoms with Crippen molar-refractivity contribution in [3.05, 3.63) is 71.7 Å². The van der Waals surface area contributed by atoms with E-state index in [-0.39, 0.29) is 5.82 Å². The van der Waals surface area contributed by atoms with Crippen molar-refractivity contribution in [1.29, 1.82) is 0 Å². The van der Waals surface area contributed by atoms with E-state index < -0.39 is 0 Å². The van der Waals surface area contributed by atoms with Gasteiger partial charge in [0.15, 0.2) is 5.58 Å². The van der Waals surface area contributed by atoms with Crippen LogP contribution in [0.5, 0.6) is 5.75 Å². The van der Waals surface area contributed by atoms with Crippen LogP contribution in [-0.2, 0) is 11.2 Å². The van der Waals surface area contributed by atoms with Crippen LogP contribution in [0, 0.1) is 5.82 Å². The zero-order valence-corrected chi connectivity index (χ0v) is 19.7. The highest BCUT2D eigenvalue weighted by Gasteiger charge is 2.25. The van der Waals surface area contributed by atoms with Gasteiger partial charge in [-0.3, -0.25) is 4.79 Å². The van der Waals surface area contributed by atoms with Gasteiger partial charge in [0.05, 0.1) is 12.3 Å². The first-order chi connectivity index (χ1) is 17.2. The number of carbonyl (C=O) groups excluding carboxylic acids is 1. The van der Waals surface area contributed by atoms with Gasteiger partial charge in [0.1, 0.15) is 11.6 Å². The summed E-state index contributed by atoms with van der Waals surface area (Å²) in [5.41, 5.74) is 2.69. The van der Waals surface area contributed by atoms with Crippen molar-refractivity contribution >= 4 is 28.2 Å². The lowest BCUT2D eigenvalue weighted by Gasteiger charge is -2.31. The molecule has 0 aliphatic carbocycles. The van der Waals surface area contributed by atoms with Crippen LogP contribution in [0.4, 0.5) is 4.39 Å². The zero-order chi connectivity index (χ0) is 24.0. The van der Waals surface area contributed by atoms with E-state index in [1.165, 1.54) is 28.5 Å². The Morgan fingerprint density at radius 2 is 2.00 bits per heavy atom. The van der Waals surface area contributed by atoms with Gasteiger partial charge in [0.2, 0.25) is 6.41 Å². The molecule has 1 aliphatic heterocycles. The number of rotatable bonds is 10. The number of benzene rings is 3. The molecule has 4 aromatic rings. The van der Waals surface area contributed by atoms with Crippen molar-refractivity contribution in [3.8, 4) is 5.75 Å². The average Bonchev–Trinajstić information content (AvgIpc) is 3.30. The number of carbonyl (C=O) groups is 1. The Labute approximate surface area is 204 Å². The molecule has 1 N–H and O–H groups in total. The largest absolute Gasteiger partial charge is 0.494 e. The van der Waals surface area contributed by atoms with Crippen LogP contribution in [0.25, 0.3) is 21.7 Å². The van der Waals surface area contributed by atoms with Crippen molar-refractivity contribution < 1.29 is 18.4 Å². The van der Waals surface area contributed by atoms with Crippen molar-refractivity contribution in [2.75, 3.05) is 32.8 Å². The number of amides is 1. The molecule has 1 aromatic heterocycles. The molecule has 0 bridgehead atoms. The maximum Gasteiger partial charge on any atom is 0.207 e. The average molecular weight is 476 g/mol. The number of aromatic nitrogens is 1. The molecule has 1 aliphatic rings. The molecule has 182 valence electrons. The molecule has 1 amide bonds. The van der Waals surface area contributed by atoms with Crippen LogP contribution in [0.3, 0.4) is 0 Å². The van der Waals surface area contributed by atoms with E-state index in [1.54, 1.807) is 6.07 Å². The number of piperidine rings is 1. The lowest BCUT2D eigenvalue weighted by Crippen LogP contribution is -2.34. The van der Waals surface area contributed by atoms with E-state index in [9.17, 15) is 9.18 Å². The predicted molar refractivity (Wildman–Crippen MR) is 134 cm³/mol. The summed E-state index contributed by atoms with van der Waals surface area (Å²) >= 11 is 0. The van der Waals surface area contributed by atoms with Gasteiger partial charge >= 0.3 is 0 Å². The molecule has 1 fully saturated rings. The highest BCUT2D eigenvalue weighted by molar-refractivity contribution is 5.87. The fourth-order valence-electron chi connectivity index (χ4n) is 5.02. The van der Waals surface area contributed by atoms with Gasteiger partial charge in [-0.25, -0.2) is 4.39 Å². The summed E-state index contributed by atoms with van der Waals surface area (Å²) in [6.45, 7) is 4.30. The van der Waals surface area contributed by atoms with Crippen LogP contribution >= 0.6 is 0 Å². The minimum Gasteiger partial charge on any atom is -0.494 e. The van der Waals surface area contributed by atoms with Crippen LogP contribution in [0.1, 0.15) is 36.4 Å². The SMILES string of the molecule is O=CNCCc1cccc2ccc(OCCCN3CCC(c4noc5cc(F)ccc45)CC3)cc12. The first kappa shape index (κ1) is 23.3. The molecular weight excluding hydrogens is 445 g/mol. The third-order valence-electron chi connectivity index (χ3n) is 6.89. The molecular formula is C28H30FN3O3. The molecule has 35 heavy (non-hydrogen) atoms. The molecule has 0 unspecified atom stereocenters. The summed E-state index contributed by atoms with van der Waals surface area (Å²) in [5.74, 6) is 0.928. The highest BCUT2D eigenvalue weighted by atomic mass is 19.1. The van der Waals surface area contributed by atoms with Crippen molar-refractivity contribution in [3.63, 3.8) is 0 Å². The number of fused-ring (bicyclic) bond motifs is 2. The third-order valence-corrected chi connectivity index (χ3v) is 6.89. The normalized spacial score (nSPS) is 15.0. The number of hydrogen-bond acceptors (Lipinski definition) is 5. The van der Waals surface area contributed by atoms with E-state index in [4.69, 9.17) is 9.26 Å². The fraction of sp³-hybridized carbons (Fsp3) is 0.357. The summed E-state index contributed by atoms with van der Waals surface area (Å²) in [4.78, 5) is 13.0. The maximum absolute atomic E-state index is 13.4. The fourth-order valence-corrected chi connectivity index (χ4v) is 5.02. The Morgan fingerprint density at radius 1 is 1.11 bits per heavy atom. The second-order valence-electron chi connectivity index (χ2n) is 9.15. The number of hydrogen-bond donors (Lipinski definition) is 1.